The molecule has 0 bridgehead atoms. The number of carbonyl (C=O) groups excluding carboxylic acids is 2. The van der Waals surface area contributed by atoms with E-state index in [1.54, 1.807) is 12.1 Å². The number of thiophene rings is 1. The third kappa shape index (κ3) is 10.2. The molecule has 2 amide bonds. The summed E-state index contributed by atoms with van der Waals surface area (Å²) in [4.78, 5) is 26.9. The predicted molar refractivity (Wildman–Crippen MR) is 159 cm³/mol. The zero-order chi connectivity index (χ0) is 27.4. The van der Waals surface area contributed by atoms with Gasteiger partial charge in [-0.05, 0) is 73.2 Å². The fraction of sp³-hybridized carbons (Fsp3) is 0.438. The van der Waals surface area contributed by atoms with Crippen LogP contribution in [0.3, 0.4) is 0 Å². The number of rotatable bonds is 10. The highest BCUT2D eigenvalue weighted by molar-refractivity contribution is 7.15. The highest BCUT2D eigenvalue weighted by atomic mass is 32.1. The first-order valence-corrected chi connectivity index (χ1v) is 14.3. The van der Waals surface area contributed by atoms with Crippen LogP contribution in [0.15, 0.2) is 54.6 Å². The van der Waals surface area contributed by atoms with Crippen molar-refractivity contribution in [1.82, 2.24) is 5.32 Å². The van der Waals surface area contributed by atoms with E-state index < -0.39 is 0 Å². The maximum absolute atomic E-state index is 12.9. The maximum Gasteiger partial charge on any atom is 0.252 e. The average molecular weight is 521 g/mol. The Morgan fingerprint density at radius 2 is 1.62 bits per heavy atom. The van der Waals surface area contributed by atoms with E-state index in [1.807, 2.05) is 43.4 Å². The highest BCUT2D eigenvalue weighted by Crippen LogP contribution is 2.31. The van der Waals surface area contributed by atoms with Crippen molar-refractivity contribution in [2.75, 3.05) is 5.32 Å². The summed E-state index contributed by atoms with van der Waals surface area (Å²) in [6.45, 7) is 14.3. The molecule has 0 saturated heterocycles. The molecule has 37 heavy (non-hydrogen) atoms. The largest absolute Gasteiger partial charge is 0.346 e. The van der Waals surface area contributed by atoms with Crippen LogP contribution < -0.4 is 10.6 Å². The Bertz CT molecular complexity index is 1150. The standard InChI is InChI=1S/C26H30N2O2S.C6H14/c1-16(2)13-23-11-12-25(31-23)21-8-6-7-20(14-21)18(4)27-26(30)24-15-22(28-19(5)29)10-9-17(24)3;1-3-5-6-4-2/h6-12,14-16,18H,13H2,1-5H3,(H,27,30)(H,28,29);3-6H2,1-2H3. The van der Waals surface area contributed by atoms with Gasteiger partial charge >= 0.3 is 0 Å². The van der Waals surface area contributed by atoms with Gasteiger partial charge in [-0.25, -0.2) is 0 Å². The molecule has 5 heteroatoms. The van der Waals surface area contributed by atoms with Crippen LogP contribution >= 0.6 is 11.3 Å². The Morgan fingerprint density at radius 1 is 0.919 bits per heavy atom. The van der Waals surface area contributed by atoms with Gasteiger partial charge in [-0.15, -0.1) is 11.3 Å². The molecule has 0 radical (unpaired) electrons. The Kier molecular flexibility index (Phi) is 12.6. The number of carbonyl (C=O) groups is 2. The Morgan fingerprint density at radius 3 is 2.24 bits per heavy atom. The molecule has 1 atom stereocenters. The molecule has 200 valence electrons. The molecule has 1 unspecified atom stereocenters. The lowest BCUT2D eigenvalue weighted by atomic mass is 10.0. The quantitative estimate of drug-likeness (QED) is 0.262. The minimum atomic E-state index is -0.162. The number of amides is 2. The lowest BCUT2D eigenvalue weighted by molar-refractivity contribution is -0.114. The van der Waals surface area contributed by atoms with Crippen molar-refractivity contribution >= 4 is 28.8 Å². The summed E-state index contributed by atoms with van der Waals surface area (Å²) < 4.78 is 0. The molecule has 0 aliphatic carbocycles. The molecule has 3 rings (SSSR count). The van der Waals surface area contributed by atoms with E-state index in [9.17, 15) is 9.59 Å². The van der Waals surface area contributed by atoms with Gasteiger partial charge < -0.3 is 10.6 Å². The monoisotopic (exact) mass is 520 g/mol. The van der Waals surface area contributed by atoms with Gasteiger partial charge in [-0.3, -0.25) is 9.59 Å². The van der Waals surface area contributed by atoms with Gasteiger partial charge in [0.25, 0.3) is 5.91 Å². The van der Waals surface area contributed by atoms with Crippen molar-refractivity contribution < 1.29 is 9.59 Å². The van der Waals surface area contributed by atoms with Gasteiger partial charge in [0.2, 0.25) is 5.91 Å². The Hall–Kier alpha value is -2.92. The van der Waals surface area contributed by atoms with Crippen molar-refractivity contribution in [2.24, 2.45) is 5.92 Å². The summed E-state index contributed by atoms with van der Waals surface area (Å²) in [6.07, 6.45) is 6.63. The van der Waals surface area contributed by atoms with Crippen molar-refractivity contribution in [2.45, 2.75) is 86.6 Å². The van der Waals surface area contributed by atoms with Crippen LogP contribution in [0.25, 0.3) is 10.4 Å². The van der Waals surface area contributed by atoms with Crippen molar-refractivity contribution in [3.8, 4) is 10.4 Å². The first-order chi connectivity index (χ1) is 17.6. The van der Waals surface area contributed by atoms with E-state index in [4.69, 9.17) is 0 Å². The van der Waals surface area contributed by atoms with Crippen LogP contribution in [-0.4, -0.2) is 11.8 Å². The number of aryl methyl sites for hydroxylation is 1. The molecule has 1 heterocycles. The van der Waals surface area contributed by atoms with Crippen LogP contribution in [0, 0.1) is 12.8 Å². The van der Waals surface area contributed by atoms with Crippen molar-refractivity contribution in [3.63, 3.8) is 0 Å². The first kappa shape index (κ1) is 30.3. The zero-order valence-corrected chi connectivity index (χ0v) is 24.4. The number of anilines is 1. The number of unbranched alkanes of at least 4 members (excludes halogenated alkanes) is 3. The lowest BCUT2D eigenvalue weighted by Crippen LogP contribution is -2.27. The highest BCUT2D eigenvalue weighted by Gasteiger charge is 2.15. The zero-order valence-electron chi connectivity index (χ0n) is 23.6. The number of nitrogens with one attached hydrogen (secondary N) is 2. The summed E-state index contributed by atoms with van der Waals surface area (Å²) in [5, 5.41) is 5.83. The van der Waals surface area contributed by atoms with E-state index in [0.29, 0.717) is 17.2 Å². The maximum atomic E-state index is 12.9. The summed E-state index contributed by atoms with van der Waals surface area (Å²) in [5.41, 5.74) is 4.27. The third-order valence-electron chi connectivity index (χ3n) is 6.05. The van der Waals surface area contributed by atoms with Crippen molar-refractivity contribution in [3.05, 3.63) is 76.2 Å². The number of hydrogen-bond donors (Lipinski definition) is 2. The number of hydrogen-bond acceptors (Lipinski definition) is 3. The van der Waals surface area contributed by atoms with E-state index >= 15 is 0 Å². The van der Waals surface area contributed by atoms with Gasteiger partial charge in [-0.1, -0.05) is 77.6 Å². The molecule has 2 N–H and O–H groups in total. The first-order valence-electron chi connectivity index (χ1n) is 13.5. The van der Waals surface area contributed by atoms with Gasteiger partial charge in [0.05, 0.1) is 6.04 Å². The summed E-state index contributed by atoms with van der Waals surface area (Å²) in [6, 6.07) is 18.0. The Labute approximate surface area is 227 Å². The fourth-order valence-electron chi connectivity index (χ4n) is 4.01. The normalized spacial score (nSPS) is 11.5. The molecule has 0 aliphatic rings. The predicted octanol–water partition coefficient (Wildman–Crippen LogP) is 8.96. The molecular weight excluding hydrogens is 476 g/mol. The van der Waals surface area contributed by atoms with Crippen LogP contribution in [0.1, 0.15) is 99.6 Å². The van der Waals surface area contributed by atoms with Crippen LogP contribution in [-0.2, 0) is 11.2 Å². The molecule has 0 spiro atoms. The molecule has 4 nitrogen and oxygen atoms in total. The number of benzene rings is 2. The second-order valence-electron chi connectivity index (χ2n) is 10.1. The smallest absolute Gasteiger partial charge is 0.252 e. The lowest BCUT2D eigenvalue weighted by Gasteiger charge is -2.17. The third-order valence-corrected chi connectivity index (χ3v) is 7.21. The molecule has 1 aromatic heterocycles. The second-order valence-corrected chi connectivity index (χ2v) is 11.3. The SMILES string of the molecule is CC(=O)Nc1ccc(C)c(C(=O)NC(C)c2cccc(-c3ccc(CC(C)C)s3)c2)c1.CCCCCC. The van der Waals surface area contributed by atoms with Crippen LogP contribution in [0.2, 0.25) is 0 Å². The topological polar surface area (TPSA) is 58.2 Å². The average Bonchev–Trinajstić information content (AvgIpc) is 3.32. The molecule has 0 aliphatic heterocycles. The van der Waals surface area contributed by atoms with Crippen molar-refractivity contribution in [1.29, 1.82) is 0 Å². The van der Waals surface area contributed by atoms with Crippen LogP contribution in [0.5, 0.6) is 0 Å². The van der Waals surface area contributed by atoms with E-state index in [-0.39, 0.29) is 17.9 Å². The summed E-state index contributed by atoms with van der Waals surface area (Å²) in [7, 11) is 0. The minimum Gasteiger partial charge on any atom is -0.346 e. The minimum absolute atomic E-state index is 0.147. The molecule has 0 fully saturated rings. The second kappa shape index (κ2) is 15.4. The van der Waals surface area contributed by atoms with E-state index in [1.165, 1.54) is 47.9 Å². The Balaban J connectivity index is 0.000000717. The summed E-state index contributed by atoms with van der Waals surface area (Å²) in [5.74, 6) is 0.323. The van der Waals surface area contributed by atoms with Crippen LogP contribution in [0.4, 0.5) is 5.69 Å². The van der Waals surface area contributed by atoms with E-state index in [2.05, 4.69) is 62.6 Å². The van der Waals surface area contributed by atoms with Gasteiger partial charge in [0.15, 0.2) is 0 Å². The summed E-state index contributed by atoms with van der Waals surface area (Å²) >= 11 is 1.83. The van der Waals surface area contributed by atoms with Gasteiger partial charge in [0.1, 0.15) is 0 Å². The molecule has 3 aromatic rings. The fourth-order valence-corrected chi connectivity index (χ4v) is 5.23. The van der Waals surface area contributed by atoms with E-state index in [0.717, 1.165) is 17.5 Å². The molecule has 2 aromatic carbocycles. The molecule has 0 saturated carbocycles. The van der Waals surface area contributed by atoms with Gasteiger partial charge in [-0.2, -0.15) is 0 Å². The molecular formula is C32H44N2O2S. The van der Waals surface area contributed by atoms with Gasteiger partial charge in [0, 0.05) is 27.9 Å².